The molecule has 124 valence electrons. The zero-order valence-corrected chi connectivity index (χ0v) is 13.6. The molecule has 0 saturated heterocycles. The molecule has 2 aromatic heterocycles. The van der Waals surface area contributed by atoms with Crippen LogP contribution in [-0.2, 0) is 16.1 Å². The van der Waals surface area contributed by atoms with Crippen molar-refractivity contribution in [1.29, 1.82) is 0 Å². The molecule has 0 bridgehead atoms. The second-order valence-corrected chi connectivity index (χ2v) is 5.97. The quantitative estimate of drug-likeness (QED) is 0.504. The Morgan fingerprint density at radius 1 is 1.38 bits per heavy atom. The minimum Gasteiger partial charge on any atom is -0.468 e. The van der Waals surface area contributed by atoms with Gasteiger partial charge >= 0.3 is 5.97 Å². The van der Waals surface area contributed by atoms with E-state index in [9.17, 15) is 9.18 Å². The van der Waals surface area contributed by atoms with E-state index >= 15 is 0 Å². The molecule has 8 heteroatoms. The van der Waals surface area contributed by atoms with Gasteiger partial charge in [-0.15, -0.1) is 10.2 Å². The monoisotopic (exact) mass is 347 g/mol. The van der Waals surface area contributed by atoms with Gasteiger partial charge in [-0.25, -0.2) is 4.39 Å². The van der Waals surface area contributed by atoms with E-state index in [4.69, 9.17) is 9.15 Å². The fraction of sp³-hybridized carbons (Fsp3) is 0.188. The molecule has 6 nitrogen and oxygen atoms in total. The summed E-state index contributed by atoms with van der Waals surface area (Å²) in [4.78, 5) is 12.1. The number of thioether (sulfide) groups is 1. The maximum absolute atomic E-state index is 13.1. The van der Waals surface area contributed by atoms with Crippen LogP contribution in [0.1, 0.15) is 16.6 Å². The molecule has 3 rings (SSSR count). The molecule has 0 aliphatic heterocycles. The summed E-state index contributed by atoms with van der Waals surface area (Å²) in [6.45, 7) is 0.444. The average Bonchev–Trinajstić information content (AvgIpc) is 3.25. The van der Waals surface area contributed by atoms with Crippen LogP contribution in [0.2, 0.25) is 0 Å². The molecule has 0 aliphatic carbocycles. The van der Waals surface area contributed by atoms with Gasteiger partial charge in [0, 0.05) is 0 Å². The van der Waals surface area contributed by atoms with Crippen LogP contribution in [0.25, 0.3) is 0 Å². The molecule has 3 aromatic rings. The van der Waals surface area contributed by atoms with Crippen LogP contribution in [0.15, 0.2) is 58.6 Å². The number of hydrogen-bond donors (Lipinski definition) is 0. The number of benzene rings is 1. The van der Waals surface area contributed by atoms with Crippen molar-refractivity contribution in [3.05, 3.63) is 66.1 Å². The van der Waals surface area contributed by atoms with E-state index in [1.807, 2.05) is 6.07 Å². The van der Waals surface area contributed by atoms with Gasteiger partial charge in [0.25, 0.3) is 0 Å². The molecule has 0 spiro atoms. The number of methoxy groups -OCH3 is 1. The first-order valence-corrected chi connectivity index (χ1v) is 7.95. The number of carbonyl (C=O) groups excluding carboxylic acids is 1. The van der Waals surface area contributed by atoms with E-state index < -0.39 is 11.2 Å². The Morgan fingerprint density at radius 3 is 2.83 bits per heavy atom. The van der Waals surface area contributed by atoms with Crippen molar-refractivity contribution < 1.29 is 18.3 Å². The maximum atomic E-state index is 13.1. The molecular weight excluding hydrogens is 333 g/mol. The summed E-state index contributed by atoms with van der Waals surface area (Å²) < 4.78 is 25.1. The van der Waals surface area contributed by atoms with Crippen LogP contribution in [0.5, 0.6) is 0 Å². The summed E-state index contributed by atoms with van der Waals surface area (Å²) in [6.07, 6.45) is 3.14. The van der Waals surface area contributed by atoms with Crippen molar-refractivity contribution in [2.24, 2.45) is 0 Å². The Hall–Kier alpha value is -2.61. The third kappa shape index (κ3) is 3.65. The van der Waals surface area contributed by atoms with E-state index in [1.165, 1.54) is 31.0 Å². The topological polar surface area (TPSA) is 70.2 Å². The number of hydrogen-bond acceptors (Lipinski definition) is 6. The predicted octanol–water partition coefficient (Wildman–Crippen LogP) is 3.06. The first-order valence-electron chi connectivity index (χ1n) is 7.07. The SMILES string of the molecule is COC(=O)C(Sc1nncn1Cc1ccco1)c1ccc(F)cc1. The number of nitrogens with zero attached hydrogens (tertiary/aromatic N) is 3. The lowest BCUT2D eigenvalue weighted by Gasteiger charge is -2.14. The number of carbonyl (C=O) groups is 1. The molecule has 0 amide bonds. The molecule has 0 saturated carbocycles. The number of aromatic nitrogens is 3. The highest BCUT2D eigenvalue weighted by molar-refractivity contribution is 8.00. The molecule has 0 N–H and O–H groups in total. The molecule has 1 atom stereocenters. The highest BCUT2D eigenvalue weighted by Gasteiger charge is 2.25. The lowest BCUT2D eigenvalue weighted by atomic mass is 10.1. The standard InChI is InChI=1S/C16H14FN3O3S/c1-22-15(21)14(11-4-6-12(17)7-5-11)24-16-19-18-10-20(16)9-13-3-2-8-23-13/h2-8,10,14H,9H2,1H3. The minimum atomic E-state index is -0.671. The third-order valence-electron chi connectivity index (χ3n) is 3.30. The highest BCUT2D eigenvalue weighted by Crippen LogP contribution is 2.35. The van der Waals surface area contributed by atoms with E-state index in [2.05, 4.69) is 10.2 Å². The number of esters is 1. The molecule has 0 fully saturated rings. The van der Waals surface area contributed by atoms with Gasteiger partial charge in [0.15, 0.2) is 5.16 Å². The van der Waals surface area contributed by atoms with Crippen molar-refractivity contribution in [3.63, 3.8) is 0 Å². The Morgan fingerprint density at radius 2 is 2.17 bits per heavy atom. The van der Waals surface area contributed by atoms with Crippen LogP contribution in [-0.4, -0.2) is 27.8 Å². The highest BCUT2D eigenvalue weighted by atomic mass is 32.2. The molecule has 0 radical (unpaired) electrons. The van der Waals surface area contributed by atoms with Crippen molar-refractivity contribution in [2.75, 3.05) is 7.11 Å². The van der Waals surface area contributed by atoms with Crippen LogP contribution < -0.4 is 0 Å². The Labute approximate surface area is 141 Å². The van der Waals surface area contributed by atoms with Crippen LogP contribution in [0, 0.1) is 5.82 Å². The second-order valence-electron chi connectivity index (χ2n) is 4.89. The van der Waals surface area contributed by atoms with Crippen LogP contribution in [0.4, 0.5) is 4.39 Å². The Kier molecular flexibility index (Phi) is 4.95. The van der Waals surface area contributed by atoms with Gasteiger partial charge in [0.05, 0.1) is 19.9 Å². The van der Waals surface area contributed by atoms with Gasteiger partial charge in [0.2, 0.25) is 0 Å². The van der Waals surface area contributed by atoms with Gasteiger partial charge in [0.1, 0.15) is 23.2 Å². The van der Waals surface area contributed by atoms with E-state index in [-0.39, 0.29) is 5.82 Å². The van der Waals surface area contributed by atoms with Gasteiger partial charge in [-0.05, 0) is 29.8 Å². The molecular formula is C16H14FN3O3S. The lowest BCUT2D eigenvalue weighted by molar-refractivity contribution is -0.140. The number of halogens is 1. The molecule has 1 aromatic carbocycles. The fourth-order valence-electron chi connectivity index (χ4n) is 2.12. The summed E-state index contributed by atoms with van der Waals surface area (Å²) in [5.74, 6) is -0.0689. The van der Waals surface area contributed by atoms with Crippen LogP contribution in [0.3, 0.4) is 0 Å². The normalized spacial score (nSPS) is 12.1. The van der Waals surface area contributed by atoms with Crippen molar-refractivity contribution in [2.45, 2.75) is 17.0 Å². The first-order chi connectivity index (χ1) is 11.7. The van der Waals surface area contributed by atoms with Crippen molar-refractivity contribution in [1.82, 2.24) is 14.8 Å². The zero-order valence-electron chi connectivity index (χ0n) is 12.8. The summed E-state index contributed by atoms with van der Waals surface area (Å²) in [5, 5.41) is 7.80. The van der Waals surface area contributed by atoms with Gasteiger partial charge in [-0.2, -0.15) is 0 Å². The summed E-state index contributed by atoms with van der Waals surface area (Å²) >= 11 is 1.19. The predicted molar refractivity (Wildman–Crippen MR) is 84.8 cm³/mol. The van der Waals surface area contributed by atoms with E-state index in [0.717, 1.165) is 5.76 Å². The molecule has 0 aliphatic rings. The summed E-state index contributed by atoms with van der Waals surface area (Å²) in [7, 11) is 1.31. The Balaban J connectivity index is 1.84. The van der Waals surface area contributed by atoms with Gasteiger partial charge in [-0.3, -0.25) is 4.79 Å². The molecule has 1 unspecified atom stereocenters. The molecule has 24 heavy (non-hydrogen) atoms. The molecule has 2 heterocycles. The second kappa shape index (κ2) is 7.31. The smallest absolute Gasteiger partial charge is 0.323 e. The number of ether oxygens (including phenoxy) is 1. The lowest BCUT2D eigenvalue weighted by Crippen LogP contribution is -2.12. The van der Waals surface area contributed by atoms with Crippen LogP contribution >= 0.6 is 11.8 Å². The number of rotatable bonds is 6. The Bertz CT molecular complexity index is 802. The first kappa shape index (κ1) is 16.3. The summed E-state index contributed by atoms with van der Waals surface area (Å²) in [6, 6.07) is 9.35. The largest absolute Gasteiger partial charge is 0.468 e. The van der Waals surface area contributed by atoms with E-state index in [0.29, 0.717) is 17.3 Å². The summed E-state index contributed by atoms with van der Waals surface area (Å²) in [5.41, 5.74) is 0.626. The zero-order chi connectivity index (χ0) is 16.9. The maximum Gasteiger partial charge on any atom is 0.323 e. The van der Waals surface area contributed by atoms with Gasteiger partial charge in [-0.1, -0.05) is 23.9 Å². The third-order valence-corrected chi connectivity index (χ3v) is 4.52. The van der Waals surface area contributed by atoms with E-state index in [1.54, 1.807) is 35.4 Å². The average molecular weight is 347 g/mol. The van der Waals surface area contributed by atoms with Gasteiger partial charge < -0.3 is 13.7 Å². The minimum absolute atomic E-state index is 0.367. The number of furan rings is 1. The van der Waals surface area contributed by atoms with Crippen molar-refractivity contribution in [3.8, 4) is 0 Å². The fourth-order valence-corrected chi connectivity index (χ4v) is 3.15. The van der Waals surface area contributed by atoms with Crippen molar-refractivity contribution >= 4 is 17.7 Å².